The predicted molar refractivity (Wildman–Crippen MR) is 100 cm³/mol. The van der Waals surface area contributed by atoms with Crippen molar-refractivity contribution in [3.63, 3.8) is 0 Å². The highest BCUT2D eigenvalue weighted by molar-refractivity contribution is 7.99. The van der Waals surface area contributed by atoms with Gasteiger partial charge in [0.1, 0.15) is 4.88 Å². The molecule has 0 radical (unpaired) electrons. The molecule has 3 heterocycles. The molecule has 2 fully saturated rings. The number of morpholine rings is 1. The number of nitrogens with zero attached hydrogens (tertiary/aromatic N) is 2. The normalized spacial score (nSPS) is 25.8. The lowest BCUT2D eigenvalue weighted by molar-refractivity contribution is -0.0129. The first kappa shape index (κ1) is 18.2. The lowest BCUT2D eigenvalue weighted by atomic mass is 9.95. The minimum absolute atomic E-state index is 0.00698. The second-order valence-electron chi connectivity index (χ2n) is 7.59. The Morgan fingerprint density at radius 3 is 2.75 bits per heavy atom. The molecule has 5 nitrogen and oxygen atoms in total. The van der Waals surface area contributed by atoms with E-state index in [0.717, 1.165) is 43.5 Å². The van der Waals surface area contributed by atoms with E-state index in [-0.39, 0.29) is 16.9 Å². The molecule has 3 rings (SSSR count). The predicted octanol–water partition coefficient (Wildman–Crippen LogP) is 2.38. The standard InChI is InChI=1S/C17H27N3O2S2/c1-16(2,3)15-18-10-13(24-15)14(21)19-11-17(4-9-23-12-17)20-5-7-22-8-6-20/h10H,4-9,11-12H2,1-3H3,(H,19,21). The molecule has 1 aromatic rings. The zero-order valence-electron chi connectivity index (χ0n) is 14.8. The third-order valence-electron chi connectivity index (χ3n) is 4.71. The lowest BCUT2D eigenvalue weighted by Crippen LogP contribution is -2.59. The first-order chi connectivity index (χ1) is 11.4. The molecule has 0 aromatic carbocycles. The summed E-state index contributed by atoms with van der Waals surface area (Å²) < 4.78 is 5.49. The van der Waals surface area contributed by atoms with Crippen molar-refractivity contribution in [2.24, 2.45) is 0 Å². The molecule has 2 aliphatic rings. The van der Waals surface area contributed by atoms with Crippen LogP contribution < -0.4 is 5.32 Å². The number of hydrogen-bond donors (Lipinski definition) is 1. The maximum absolute atomic E-state index is 12.6. The number of thioether (sulfide) groups is 1. The highest BCUT2D eigenvalue weighted by Crippen LogP contribution is 2.34. The fourth-order valence-electron chi connectivity index (χ4n) is 3.19. The summed E-state index contributed by atoms with van der Waals surface area (Å²) >= 11 is 3.49. The second kappa shape index (κ2) is 7.32. The summed E-state index contributed by atoms with van der Waals surface area (Å²) in [5.41, 5.74) is 0.0714. The fourth-order valence-corrected chi connectivity index (χ4v) is 5.56. The van der Waals surface area contributed by atoms with E-state index in [0.29, 0.717) is 11.4 Å². The quantitative estimate of drug-likeness (QED) is 0.883. The van der Waals surface area contributed by atoms with E-state index in [1.165, 1.54) is 17.1 Å². The van der Waals surface area contributed by atoms with E-state index in [1.807, 2.05) is 11.8 Å². The van der Waals surface area contributed by atoms with Crippen LogP contribution in [0.1, 0.15) is 41.9 Å². The molecule has 1 N–H and O–H groups in total. The molecule has 0 spiro atoms. The Morgan fingerprint density at radius 2 is 2.17 bits per heavy atom. The SMILES string of the molecule is CC(C)(C)c1ncc(C(=O)NCC2(N3CCOCC3)CCSC2)s1. The minimum atomic E-state index is -0.0136. The molecular weight excluding hydrogens is 342 g/mol. The first-order valence-corrected chi connectivity index (χ1v) is 10.5. The van der Waals surface area contributed by atoms with Crippen LogP contribution in [0, 0.1) is 0 Å². The lowest BCUT2D eigenvalue weighted by Gasteiger charge is -2.43. The number of carbonyl (C=O) groups excluding carboxylic acids is 1. The van der Waals surface area contributed by atoms with Crippen LogP contribution in [-0.2, 0) is 10.2 Å². The average Bonchev–Trinajstić information content (AvgIpc) is 3.23. The van der Waals surface area contributed by atoms with Crippen LogP contribution >= 0.6 is 23.1 Å². The zero-order chi connectivity index (χ0) is 17.2. The molecule has 1 aromatic heterocycles. The van der Waals surface area contributed by atoms with Gasteiger partial charge >= 0.3 is 0 Å². The number of nitrogens with one attached hydrogen (secondary N) is 1. The Kier molecular flexibility index (Phi) is 5.54. The van der Waals surface area contributed by atoms with E-state index in [2.05, 4.69) is 36.0 Å². The van der Waals surface area contributed by atoms with Crippen LogP contribution in [-0.4, -0.2) is 65.7 Å². The molecule has 1 unspecified atom stereocenters. The van der Waals surface area contributed by atoms with Gasteiger partial charge in [-0.15, -0.1) is 11.3 Å². The van der Waals surface area contributed by atoms with Gasteiger partial charge in [0, 0.05) is 36.3 Å². The molecule has 2 aliphatic heterocycles. The van der Waals surface area contributed by atoms with Crippen molar-refractivity contribution in [1.29, 1.82) is 0 Å². The fraction of sp³-hybridized carbons (Fsp3) is 0.765. The Balaban J connectivity index is 1.64. The molecule has 24 heavy (non-hydrogen) atoms. The van der Waals surface area contributed by atoms with Gasteiger partial charge in [-0.3, -0.25) is 9.69 Å². The van der Waals surface area contributed by atoms with Gasteiger partial charge in [-0.1, -0.05) is 20.8 Å². The van der Waals surface area contributed by atoms with Crippen molar-refractivity contribution in [2.45, 2.75) is 38.1 Å². The number of amides is 1. The minimum Gasteiger partial charge on any atom is -0.379 e. The van der Waals surface area contributed by atoms with Crippen LogP contribution in [0.5, 0.6) is 0 Å². The molecule has 7 heteroatoms. The van der Waals surface area contributed by atoms with Gasteiger partial charge in [-0.05, 0) is 12.2 Å². The van der Waals surface area contributed by atoms with Gasteiger partial charge in [0.15, 0.2) is 0 Å². The highest BCUT2D eigenvalue weighted by Gasteiger charge is 2.41. The van der Waals surface area contributed by atoms with E-state index < -0.39 is 0 Å². The molecule has 134 valence electrons. The molecule has 0 saturated carbocycles. The number of aromatic nitrogens is 1. The van der Waals surface area contributed by atoms with E-state index in [1.54, 1.807) is 6.20 Å². The summed E-state index contributed by atoms with van der Waals surface area (Å²) in [4.78, 5) is 20.2. The van der Waals surface area contributed by atoms with Gasteiger partial charge in [0.05, 0.1) is 24.4 Å². The molecule has 1 atom stereocenters. The third-order valence-corrected chi connectivity index (χ3v) is 7.37. The van der Waals surface area contributed by atoms with Crippen molar-refractivity contribution in [1.82, 2.24) is 15.2 Å². The van der Waals surface area contributed by atoms with Gasteiger partial charge in [-0.25, -0.2) is 4.98 Å². The number of carbonyl (C=O) groups is 1. The van der Waals surface area contributed by atoms with E-state index >= 15 is 0 Å². The van der Waals surface area contributed by atoms with Crippen molar-refractivity contribution < 1.29 is 9.53 Å². The summed E-state index contributed by atoms with van der Waals surface area (Å²) in [6, 6.07) is 0. The summed E-state index contributed by atoms with van der Waals surface area (Å²) in [5, 5.41) is 4.19. The zero-order valence-corrected chi connectivity index (χ0v) is 16.4. The summed E-state index contributed by atoms with van der Waals surface area (Å²) in [7, 11) is 0. The maximum atomic E-state index is 12.6. The average molecular weight is 370 g/mol. The topological polar surface area (TPSA) is 54.5 Å². The Morgan fingerprint density at radius 1 is 1.42 bits per heavy atom. The summed E-state index contributed by atoms with van der Waals surface area (Å²) in [5.74, 6) is 2.26. The van der Waals surface area contributed by atoms with Crippen LogP contribution in [0.3, 0.4) is 0 Å². The van der Waals surface area contributed by atoms with Gasteiger partial charge in [0.25, 0.3) is 5.91 Å². The molecule has 2 saturated heterocycles. The van der Waals surface area contributed by atoms with Gasteiger partial charge < -0.3 is 10.1 Å². The van der Waals surface area contributed by atoms with Crippen LogP contribution in [0.25, 0.3) is 0 Å². The van der Waals surface area contributed by atoms with Crippen LogP contribution in [0.4, 0.5) is 0 Å². The Labute approximate surface area is 152 Å². The Hall–Kier alpha value is -0.630. The summed E-state index contributed by atoms with van der Waals surface area (Å²) in [6.07, 6.45) is 2.85. The largest absolute Gasteiger partial charge is 0.379 e. The van der Waals surface area contributed by atoms with Crippen molar-refractivity contribution >= 4 is 29.0 Å². The van der Waals surface area contributed by atoms with Crippen molar-refractivity contribution in [3.05, 3.63) is 16.1 Å². The van der Waals surface area contributed by atoms with Gasteiger partial charge in [0.2, 0.25) is 0 Å². The van der Waals surface area contributed by atoms with Crippen LogP contribution in [0.2, 0.25) is 0 Å². The molecular formula is C17H27N3O2S2. The third kappa shape index (κ3) is 3.95. The number of rotatable bonds is 4. The van der Waals surface area contributed by atoms with E-state index in [9.17, 15) is 4.79 Å². The highest BCUT2D eigenvalue weighted by atomic mass is 32.2. The monoisotopic (exact) mass is 369 g/mol. The maximum Gasteiger partial charge on any atom is 0.263 e. The first-order valence-electron chi connectivity index (χ1n) is 8.56. The van der Waals surface area contributed by atoms with Gasteiger partial charge in [-0.2, -0.15) is 11.8 Å². The molecule has 1 amide bonds. The number of ether oxygens (including phenoxy) is 1. The van der Waals surface area contributed by atoms with Crippen molar-refractivity contribution in [3.8, 4) is 0 Å². The molecule has 0 aliphatic carbocycles. The second-order valence-corrected chi connectivity index (χ2v) is 9.72. The van der Waals surface area contributed by atoms with E-state index in [4.69, 9.17) is 4.74 Å². The number of hydrogen-bond acceptors (Lipinski definition) is 6. The molecule has 0 bridgehead atoms. The smallest absolute Gasteiger partial charge is 0.263 e. The Bertz CT molecular complexity index is 571. The summed E-state index contributed by atoms with van der Waals surface area (Å²) in [6.45, 7) is 10.6. The van der Waals surface area contributed by atoms with Crippen LogP contribution in [0.15, 0.2) is 6.20 Å². The number of thiazole rings is 1. The van der Waals surface area contributed by atoms with Crippen molar-refractivity contribution in [2.75, 3.05) is 44.4 Å².